The molecule has 0 amide bonds. The number of hydrogen-bond acceptors (Lipinski definition) is 3. The van der Waals surface area contributed by atoms with Crippen molar-refractivity contribution in [3.8, 4) is 0 Å². The van der Waals surface area contributed by atoms with Crippen molar-refractivity contribution < 1.29 is 14.6 Å². The standard InChI is InChI=1S/C15H21NO3/c1-11(14-7-2-3-8-19-14)16-10-12-5-4-6-13(9-12)15(17)18/h4-6,9,11,14,16H,2-3,7-8,10H2,1H3,(H,17,18). The number of benzene rings is 1. The van der Waals surface area contributed by atoms with Crippen molar-refractivity contribution in [2.24, 2.45) is 0 Å². The lowest BCUT2D eigenvalue weighted by atomic mass is 10.0. The van der Waals surface area contributed by atoms with E-state index in [-0.39, 0.29) is 12.1 Å². The first-order valence-electron chi connectivity index (χ1n) is 6.84. The highest BCUT2D eigenvalue weighted by Gasteiger charge is 2.20. The summed E-state index contributed by atoms with van der Waals surface area (Å²) in [6, 6.07) is 7.33. The summed E-state index contributed by atoms with van der Waals surface area (Å²) >= 11 is 0. The first kappa shape index (κ1) is 14.0. The van der Waals surface area contributed by atoms with Crippen molar-refractivity contribution >= 4 is 5.97 Å². The van der Waals surface area contributed by atoms with E-state index in [0.29, 0.717) is 12.1 Å². The first-order chi connectivity index (χ1) is 9.16. The number of nitrogens with one attached hydrogen (secondary N) is 1. The number of carboxylic acid groups (broad SMARTS) is 1. The highest BCUT2D eigenvalue weighted by molar-refractivity contribution is 5.87. The van der Waals surface area contributed by atoms with Crippen LogP contribution in [0.25, 0.3) is 0 Å². The third kappa shape index (κ3) is 4.04. The Morgan fingerprint density at radius 3 is 3.05 bits per heavy atom. The van der Waals surface area contributed by atoms with Crippen LogP contribution in [0, 0.1) is 0 Å². The van der Waals surface area contributed by atoms with Crippen LogP contribution in [0.4, 0.5) is 0 Å². The van der Waals surface area contributed by atoms with Crippen molar-refractivity contribution in [2.45, 2.75) is 44.9 Å². The second kappa shape index (κ2) is 6.68. The normalized spacial score (nSPS) is 21.0. The fourth-order valence-electron chi connectivity index (χ4n) is 2.38. The molecule has 1 fully saturated rings. The van der Waals surface area contributed by atoms with E-state index in [1.807, 2.05) is 6.07 Å². The molecule has 1 heterocycles. The Balaban J connectivity index is 1.87. The molecule has 0 spiro atoms. The average Bonchev–Trinajstić information content (AvgIpc) is 2.46. The lowest BCUT2D eigenvalue weighted by Gasteiger charge is -2.28. The molecule has 1 saturated heterocycles. The zero-order chi connectivity index (χ0) is 13.7. The molecule has 0 aliphatic carbocycles. The van der Waals surface area contributed by atoms with E-state index < -0.39 is 5.97 Å². The second-order valence-electron chi connectivity index (χ2n) is 5.08. The number of ether oxygens (including phenoxy) is 1. The van der Waals surface area contributed by atoms with Gasteiger partial charge in [-0.3, -0.25) is 0 Å². The number of carbonyl (C=O) groups is 1. The Bertz CT molecular complexity index is 427. The SMILES string of the molecule is CC(NCc1cccc(C(=O)O)c1)C1CCCCO1. The van der Waals surface area contributed by atoms with Crippen molar-refractivity contribution in [3.05, 3.63) is 35.4 Å². The van der Waals surface area contributed by atoms with Gasteiger partial charge >= 0.3 is 5.97 Å². The smallest absolute Gasteiger partial charge is 0.335 e. The second-order valence-corrected chi connectivity index (χ2v) is 5.08. The summed E-state index contributed by atoms with van der Waals surface area (Å²) in [4.78, 5) is 10.9. The molecule has 1 aromatic rings. The van der Waals surface area contributed by atoms with Gasteiger partial charge in [-0.25, -0.2) is 4.79 Å². The molecule has 1 aliphatic heterocycles. The van der Waals surface area contributed by atoms with Gasteiger partial charge in [0.05, 0.1) is 11.7 Å². The molecule has 2 rings (SSSR count). The highest BCUT2D eigenvalue weighted by atomic mass is 16.5. The molecule has 1 aromatic carbocycles. The van der Waals surface area contributed by atoms with Gasteiger partial charge < -0.3 is 15.2 Å². The van der Waals surface area contributed by atoms with Crippen LogP contribution in [0.2, 0.25) is 0 Å². The molecule has 0 bridgehead atoms. The van der Waals surface area contributed by atoms with E-state index in [4.69, 9.17) is 9.84 Å². The zero-order valence-electron chi connectivity index (χ0n) is 11.3. The maximum absolute atomic E-state index is 10.9. The average molecular weight is 263 g/mol. The minimum Gasteiger partial charge on any atom is -0.478 e. The van der Waals surface area contributed by atoms with Crippen molar-refractivity contribution in [2.75, 3.05) is 6.61 Å². The third-order valence-corrected chi connectivity index (χ3v) is 3.57. The van der Waals surface area contributed by atoms with Crippen molar-refractivity contribution in [1.82, 2.24) is 5.32 Å². The van der Waals surface area contributed by atoms with E-state index in [2.05, 4.69) is 12.2 Å². The fraction of sp³-hybridized carbons (Fsp3) is 0.533. The summed E-state index contributed by atoms with van der Waals surface area (Å²) in [6.07, 6.45) is 3.76. The summed E-state index contributed by atoms with van der Waals surface area (Å²) in [7, 11) is 0. The van der Waals surface area contributed by atoms with Crippen LogP contribution in [0.1, 0.15) is 42.1 Å². The molecule has 104 valence electrons. The summed E-state index contributed by atoms with van der Waals surface area (Å²) in [6.45, 7) is 3.64. The Morgan fingerprint density at radius 2 is 2.37 bits per heavy atom. The van der Waals surface area contributed by atoms with E-state index in [9.17, 15) is 4.79 Å². The molecule has 2 N–H and O–H groups in total. The highest BCUT2D eigenvalue weighted by Crippen LogP contribution is 2.16. The Kier molecular flexibility index (Phi) is 4.93. The summed E-state index contributed by atoms with van der Waals surface area (Å²) in [5.41, 5.74) is 1.32. The quantitative estimate of drug-likeness (QED) is 0.856. The molecule has 4 heteroatoms. The van der Waals surface area contributed by atoms with Crippen molar-refractivity contribution in [1.29, 1.82) is 0 Å². The molecule has 0 aromatic heterocycles. The van der Waals surface area contributed by atoms with Gasteiger partial charge in [0, 0.05) is 19.2 Å². The lowest BCUT2D eigenvalue weighted by molar-refractivity contribution is -0.00399. The van der Waals surface area contributed by atoms with E-state index in [0.717, 1.165) is 25.0 Å². The zero-order valence-corrected chi connectivity index (χ0v) is 11.3. The molecule has 4 nitrogen and oxygen atoms in total. The van der Waals surface area contributed by atoms with Crippen LogP contribution < -0.4 is 5.32 Å². The molecular weight excluding hydrogens is 242 g/mol. The molecule has 2 atom stereocenters. The minimum absolute atomic E-state index is 0.274. The number of carboxylic acids is 1. The van der Waals surface area contributed by atoms with Crippen LogP contribution >= 0.6 is 0 Å². The van der Waals surface area contributed by atoms with E-state index >= 15 is 0 Å². The summed E-state index contributed by atoms with van der Waals surface area (Å²) in [5.74, 6) is -0.884. The van der Waals surface area contributed by atoms with Gasteiger partial charge in [0.25, 0.3) is 0 Å². The summed E-state index contributed by atoms with van der Waals surface area (Å²) < 4.78 is 5.73. The van der Waals surface area contributed by atoms with Gasteiger partial charge in [-0.05, 0) is 43.9 Å². The molecule has 0 saturated carbocycles. The largest absolute Gasteiger partial charge is 0.478 e. The fourth-order valence-corrected chi connectivity index (χ4v) is 2.38. The van der Waals surface area contributed by atoms with Gasteiger partial charge in [-0.15, -0.1) is 0 Å². The number of aromatic carboxylic acids is 1. The number of hydrogen-bond donors (Lipinski definition) is 2. The van der Waals surface area contributed by atoms with Crippen LogP contribution in [0.5, 0.6) is 0 Å². The molecule has 2 unspecified atom stereocenters. The van der Waals surface area contributed by atoms with Gasteiger partial charge in [-0.1, -0.05) is 12.1 Å². The van der Waals surface area contributed by atoms with Gasteiger partial charge in [0.2, 0.25) is 0 Å². The maximum atomic E-state index is 10.9. The van der Waals surface area contributed by atoms with Gasteiger partial charge in [-0.2, -0.15) is 0 Å². The Hall–Kier alpha value is -1.39. The summed E-state index contributed by atoms with van der Waals surface area (Å²) in [5, 5.41) is 12.4. The monoisotopic (exact) mass is 263 g/mol. The molecule has 0 radical (unpaired) electrons. The van der Waals surface area contributed by atoms with Crippen LogP contribution in [0.3, 0.4) is 0 Å². The van der Waals surface area contributed by atoms with Crippen LogP contribution in [-0.4, -0.2) is 29.8 Å². The first-order valence-corrected chi connectivity index (χ1v) is 6.84. The third-order valence-electron chi connectivity index (χ3n) is 3.57. The Morgan fingerprint density at radius 1 is 1.53 bits per heavy atom. The Labute approximate surface area is 113 Å². The van der Waals surface area contributed by atoms with Crippen LogP contribution in [-0.2, 0) is 11.3 Å². The van der Waals surface area contributed by atoms with E-state index in [1.165, 1.54) is 6.42 Å². The number of rotatable bonds is 5. The predicted octanol–water partition coefficient (Wildman–Crippen LogP) is 2.43. The topological polar surface area (TPSA) is 58.6 Å². The molecule has 1 aliphatic rings. The van der Waals surface area contributed by atoms with E-state index in [1.54, 1.807) is 18.2 Å². The minimum atomic E-state index is -0.884. The molecular formula is C15H21NO3. The van der Waals surface area contributed by atoms with Gasteiger partial charge in [0.1, 0.15) is 0 Å². The maximum Gasteiger partial charge on any atom is 0.335 e. The van der Waals surface area contributed by atoms with Gasteiger partial charge in [0.15, 0.2) is 0 Å². The predicted molar refractivity (Wildman–Crippen MR) is 73.3 cm³/mol. The van der Waals surface area contributed by atoms with Crippen LogP contribution in [0.15, 0.2) is 24.3 Å². The van der Waals surface area contributed by atoms with Crippen molar-refractivity contribution in [3.63, 3.8) is 0 Å². The molecule has 19 heavy (non-hydrogen) atoms. The lowest BCUT2D eigenvalue weighted by Crippen LogP contribution is -2.40.